The van der Waals surface area contributed by atoms with Gasteiger partial charge in [-0.2, -0.15) is 18.3 Å². The highest BCUT2D eigenvalue weighted by Gasteiger charge is 2.31. The van der Waals surface area contributed by atoms with Gasteiger partial charge in [-0.05, 0) is 12.1 Å². The van der Waals surface area contributed by atoms with E-state index >= 15 is 0 Å². The van der Waals surface area contributed by atoms with Crippen LogP contribution in [0.25, 0.3) is 10.9 Å². The second-order valence-electron chi connectivity index (χ2n) is 2.89. The number of aromatic amines is 1. The molecular formula is C8H6F3N3. The van der Waals surface area contributed by atoms with Crippen LogP contribution in [0.4, 0.5) is 18.9 Å². The summed E-state index contributed by atoms with van der Waals surface area (Å²) in [4.78, 5) is 0. The lowest BCUT2D eigenvalue weighted by atomic mass is 10.1. The summed E-state index contributed by atoms with van der Waals surface area (Å²) < 4.78 is 36.9. The third-order valence-corrected chi connectivity index (χ3v) is 1.92. The number of fused-ring (bicyclic) bond motifs is 1. The average Bonchev–Trinajstić information content (AvgIpc) is 2.50. The zero-order valence-corrected chi connectivity index (χ0v) is 6.89. The van der Waals surface area contributed by atoms with Crippen molar-refractivity contribution in [3.8, 4) is 0 Å². The van der Waals surface area contributed by atoms with Crippen molar-refractivity contribution in [1.29, 1.82) is 0 Å². The zero-order chi connectivity index (χ0) is 10.3. The number of hydrogen-bond donors (Lipinski definition) is 2. The molecule has 0 aliphatic rings. The Bertz CT molecular complexity index is 472. The second-order valence-corrected chi connectivity index (χ2v) is 2.89. The van der Waals surface area contributed by atoms with Crippen LogP contribution >= 0.6 is 0 Å². The third kappa shape index (κ3) is 1.28. The van der Waals surface area contributed by atoms with Gasteiger partial charge in [0, 0.05) is 11.1 Å². The van der Waals surface area contributed by atoms with Crippen LogP contribution < -0.4 is 5.73 Å². The highest BCUT2D eigenvalue weighted by molar-refractivity contribution is 5.90. The smallest absolute Gasteiger partial charge is 0.398 e. The van der Waals surface area contributed by atoms with Gasteiger partial charge >= 0.3 is 6.18 Å². The van der Waals surface area contributed by atoms with E-state index in [-0.39, 0.29) is 11.2 Å². The Hall–Kier alpha value is -1.72. The van der Waals surface area contributed by atoms with Gasteiger partial charge in [-0.25, -0.2) is 0 Å². The molecule has 2 rings (SSSR count). The van der Waals surface area contributed by atoms with E-state index in [0.29, 0.717) is 5.39 Å². The summed E-state index contributed by atoms with van der Waals surface area (Å²) in [5, 5.41) is 6.55. The van der Waals surface area contributed by atoms with E-state index in [2.05, 4.69) is 10.2 Å². The minimum atomic E-state index is -4.38. The molecule has 0 unspecified atom stereocenters. The molecule has 14 heavy (non-hydrogen) atoms. The van der Waals surface area contributed by atoms with Crippen LogP contribution in [0, 0.1) is 0 Å². The van der Waals surface area contributed by atoms with E-state index in [1.165, 1.54) is 6.20 Å². The molecule has 0 atom stereocenters. The maximum absolute atomic E-state index is 12.3. The first-order chi connectivity index (χ1) is 6.48. The number of alkyl halides is 3. The Morgan fingerprint density at radius 2 is 2.00 bits per heavy atom. The number of aromatic nitrogens is 2. The minimum Gasteiger partial charge on any atom is -0.398 e. The lowest BCUT2D eigenvalue weighted by Crippen LogP contribution is -2.05. The van der Waals surface area contributed by atoms with Crippen molar-refractivity contribution < 1.29 is 13.2 Å². The molecule has 6 heteroatoms. The predicted octanol–water partition coefficient (Wildman–Crippen LogP) is 2.16. The van der Waals surface area contributed by atoms with Gasteiger partial charge < -0.3 is 5.73 Å². The quantitative estimate of drug-likeness (QED) is 0.641. The Morgan fingerprint density at radius 1 is 1.29 bits per heavy atom. The summed E-state index contributed by atoms with van der Waals surface area (Å²) in [5.41, 5.74) is 5.03. The fourth-order valence-corrected chi connectivity index (χ4v) is 1.24. The van der Waals surface area contributed by atoms with Crippen LogP contribution in [0.15, 0.2) is 18.3 Å². The molecule has 0 saturated carbocycles. The second kappa shape index (κ2) is 2.63. The van der Waals surface area contributed by atoms with Crippen LogP contribution in [0.3, 0.4) is 0 Å². The van der Waals surface area contributed by atoms with Gasteiger partial charge in [-0.3, -0.25) is 5.10 Å². The molecule has 0 amide bonds. The average molecular weight is 201 g/mol. The Labute approximate surface area is 76.7 Å². The van der Waals surface area contributed by atoms with Crippen molar-refractivity contribution in [3.63, 3.8) is 0 Å². The molecule has 2 aromatic rings. The number of H-pyrrole nitrogens is 1. The van der Waals surface area contributed by atoms with Crippen molar-refractivity contribution in [3.05, 3.63) is 23.9 Å². The molecule has 1 aromatic heterocycles. The van der Waals surface area contributed by atoms with Crippen LogP contribution in [-0.4, -0.2) is 10.2 Å². The van der Waals surface area contributed by atoms with E-state index in [0.717, 1.165) is 12.1 Å². The number of hydrogen-bond acceptors (Lipinski definition) is 2. The molecule has 3 nitrogen and oxygen atoms in total. The molecule has 1 aromatic carbocycles. The highest BCUT2D eigenvalue weighted by Crippen LogP contribution is 2.33. The topological polar surface area (TPSA) is 54.7 Å². The fourth-order valence-electron chi connectivity index (χ4n) is 1.24. The van der Waals surface area contributed by atoms with Crippen molar-refractivity contribution in [2.24, 2.45) is 0 Å². The van der Waals surface area contributed by atoms with Gasteiger partial charge in [0.2, 0.25) is 0 Å². The first-order valence-corrected chi connectivity index (χ1v) is 3.78. The number of rotatable bonds is 0. The zero-order valence-electron chi connectivity index (χ0n) is 6.89. The number of nitrogens with one attached hydrogen (secondary N) is 1. The highest BCUT2D eigenvalue weighted by atomic mass is 19.4. The Balaban J connectivity index is 2.70. The molecule has 0 bridgehead atoms. The molecule has 3 N–H and O–H groups in total. The molecule has 0 radical (unpaired) electrons. The summed E-state index contributed by atoms with van der Waals surface area (Å²) in [5.74, 6) is 0. The SMILES string of the molecule is Nc1cc(C(F)(F)F)cc2[nH]ncc12. The Kier molecular flexibility index (Phi) is 1.67. The van der Waals surface area contributed by atoms with Gasteiger partial charge in [0.15, 0.2) is 0 Å². The number of halogens is 3. The summed E-state index contributed by atoms with van der Waals surface area (Å²) in [6, 6.07) is 1.89. The maximum atomic E-state index is 12.3. The van der Waals surface area contributed by atoms with E-state index in [4.69, 9.17) is 5.73 Å². The first-order valence-electron chi connectivity index (χ1n) is 3.78. The van der Waals surface area contributed by atoms with E-state index in [1.807, 2.05) is 0 Å². The lowest BCUT2D eigenvalue weighted by Gasteiger charge is -2.07. The van der Waals surface area contributed by atoms with E-state index in [1.54, 1.807) is 0 Å². The normalized spacial score (nSPS) is 12.2. The molecule has 0 fully saturated rings. The van der Waals surface area contributed by atoms with Gasteiger partial charge in [-0.1, -0.05) is 0 Å². The summed E-state index contributed by atoms with van der Waals surface area (Å²) in [6.07, 6.45) is -2.99. The number of benzene rings is 1. The molecule has 0 aliphatic heterocycles. The van der Waals surface area contributed by atoms with Crippen LogP contribution in [0.1, 0.15) is 5.56 Å². The minimum absolute atomic E-state index is 0.0728. The monoisotopic (exact) mass is 201 g/mol. The maximum Gasteiger partial charge on any atom is 0.416 e. The summed E-state index contributed by atoms with van der Waals surface area (Å²) in [6.45, 7) is 0. The van der Waals surface area contributed by atoms with Gasteiger partial charge in [-0.15, -0.1) is 0 Å². The molecule has 0 saturated heterocycles. The van der Waals surface area contributed by atoms with Crippen LogP contribution in [0.5, 0.6) is 0 Å². The molecular weight excluding hydrogens is 195 g/mol. The summed E-state index contributed by atoms with van der Waals surface area (Å²) >= 11 is 0. The molecule has 1 heterocycles. The predicted molar refractivity (Wildman–Crippen MR) is 45.5 cm³/mol. The lowest BCUT2D eigenvalue weighted by molar-refractivity contribution is -0.137. The van der Waals surface area contributed by atoms with Gasteiger partial charge in [0.05, 0.1) is 17.3 Å². The van der Waals surface area contributed by atoms with E-state index in [9.17, 15) is 13.2 Å². The van der Waals surface area contributed by atoms with E-state index < -0.39 is 11.7 Å². The Morgan fingerprint density at radius 3 is 2.64 bits per heavy atom. The first kappa shape index (κ1) is 8.86. The van der Waals surface area contributed by atoms with Crippen molar-refractivity contribution in [2.75, 3.05) is 5.73 Å². The third-order valence-electron chi connectivity index (χ3n) is 1.92. The van der Waals surface area contributed by atoms with Gasteiger partial charge in [0.1, 0.15) is 0 Å². The fraction of sp³-hybridized carbons (Fsp3) is 0.125. The standard InChI is InChI=1S/C8H6F3N3/c9-8(10,11)4-1-6(12)5-3-13-14-7(5)2-4/h1-3H,12H2,(H,13,14). The number of nitrogens with zero attached hydrogens (tertiary/aromatic N) is 1. The van der Waals surface area contributed by atoms with Gasteiger partial charge in [0.25, 0.3) is 0 Å². The van der Waals surface area contributed by atoms with Crippen LogP contribution in [-0.2, 0) is 6.18 Å². The number of nitrogens with two attached hydrogens (primary N) is 1. The van der Waals surface area contributed by atoms with Crippen molar-refractivity contribution in [2.45, 2.75) is 6.18 Å². The summed E-state index contributed by atoms with van der Waals surface area (Å²) in [7, 11) is 0. The molecule has 74 valence electrons. The number of nitrogen functional groups attached to an aromatic ring is 1. The van der Waals surface area contributed by atoms with Crippen molar-refractivity contribution >= 4 is 16.6 Å². The van der Waals surface area contributed by atoms with Crippen LogP contribution in [0.2, 0.25) is 0 Å². The number of anilines is 1. The molecule has 0 aliphatic carbocycles. The van der Waals surface area contributed by atoms with Crippen molar-refractivity contribution in [1.82, 2.24) is 10.2 Å². The largest absolute Gasteiger partial charge is 0.416 e. The molecule has 0 spiro atoms.